The van der Waals surface area contributed by atoms with Gasteiger partial charge in [0.05, 0.1) is 5.92 Å². The Bertz CT molecular complexity index is 503. The monoisotopic (exact) mass is 270 g/mol. The molecule has 0 heterocycles. The van der Waals surface area contributed by atoms with E-state index in [2.05, 4.69) is 0 Å². The maximum Gasteiger partial charge on any atom is 0.305 e. The zero-order valence-corrected chi connectivity index (χ0v) is 11.6. The second kappa shape index (κ2) is 7.89. The van der Waals surface area contributed by atoms with E-state index in [0.717, 1.165) is 11.1 Å². The Kier molecular flexibility index (Phi) is 6.17. The van der Waals surface area contributed by atoms with Crippen LogP contribution in [0.5, 0.6) is 0 Å². The van der Waals surface area contributed by atoms with Crippen molar-refractivity contribution >= 4 is 11.8 Å². The van der Waals surface area contributed by atoms with Crippen molar-refractivity contribution in [2.75, 3.05) is 0 Å². The van der Waals surface area contributed by atoms with Crippen molar-refractivity contribution in [3.8, 4) is 0 Å². The normalized spacial score (nSPS) is 9.55. The van der Waals surface area contributed by atoms with E-state index in [9.17, 15) is 9.59 Å². The number of hydrogen-bond donors (Lipinski definition) is 1. The summed E-state index contributed by atoms with van der Waals surface area (Å²) in [6, 6.07) is 18.6. The van der Waals surface area contributed by atoms with Crippen LogP contribution in [-0.2, 0) is 4.79 Å². The van der Waals surface area contributed by atoms with Gasteiger partial charge in [-0.3, -0.25) is 9.59 Å². The molecule has 0 saturated carbocycles. The number of carbonyl (C=O) groups excluding carboxylic acids is 1. The first kappa shape index (κ1) is 15.6. The molecular formula is C17H18O3. The number of ketones is 1. The maximum atomic E-state index is 11.8. The molecule has 0 fully saturated rings. The molecule has 3 nitrogen and oxygen atoms in total. The standard InChI is InChI=1S/C13H10O.C4H8O2/c14-13(11-7-3-1-4-8-11)12-9-5-2-6-10-12;1-3(2)4(5)6/h1-10H;3H,1-2H3,(H,5,6). The molecule has 0 aliphatic rings. The van der Waals surface area contributed by atoms with Crippen LogP contribution in [0.1, 0.15) is 29.8 Å². The van der Waals surface area contributed by atoms with Crippen LogP contribution in [0, 0.1) is 5.92 Å². The Morgan fingerprint density at radius 1 is 0.800 bits per heavy atom. The third-order valence-corrected chi connectivity index (χ3v) is 2.57. The summed E-state index contributed by atoms with van der Waals surface area (Å²) in [5.74, 6) is -0.897. The van der Waals surface area contributed by atoms with Crippen LogP contribution >= 0.6 is 0 Å². The van der Waals surface area contributed by atoms with E-state index in [1.807, 2.05) is 60.7 Å². The predicted octanol–water partition coefficient (Wildman–Crippen LogP) is 3.64. The molecule has 0 spiro atoms. The first-order chi connectivity index (χ1) is 9.52. The van der Waals surface area contributed by atoms with Crippen LogP contribution in [0.3, 0.4) is 0 Å². The number of hydrogen-bond acceptors (Lipinski definition) is 2. The largest absolute Gasteiger partial charge is 0.481 e. The van der Waals surface area contributed by atoms with Gasteiger partial charge in [-0.2, -0.15) is 0 Å². The van der Waals surface area contributed by atoms with Gasteiger partial charge in [-0.25, -0.2) is 0 Å². The van der Waals surface area contributed by atoms with Crippen LogP contribution in [0.15, 0.2) is 60.7 Å². The Hall–Kier alpha value is -2.42. The average Bonchev–Trinajstić information content (AvgIpc) is 2.49. The molecule has 0 bridgehead atoms. The van der Waals surface area contributed by atoms with Gasteiger partial charge >= 0.3 is 5.97 Å². The second-order valence-electron chi connectivity index (χ2n) is 4.55. The van der Waals surface area contributed by atoms with Gasteiger partial charge in [-0.05, 0) is 0 Å². The fourth-order valence-electron chi connectivity index (χ4n) is 1.35. The molecule has 0 radical (unpaired) electrons. The highest BCUT2D eigenvalue weighted by Crippen LogP contribution is 2.08. The molecule has 0 amide bonds. The molecule has 1 N–H and O–H groups in total. The van der Waals surface area contributed by atoms with Gasteiger partial charge in [0.2, 0.25) is 0 Å². The van der Waals surface area contributed by atoms with Gasteiger partial charge in [0.15, 0.2) is 5.78 Å². The van der Waals surface area contributed by atoms with E-state index < -0.39 is 5.97 Å². The van der Waals surface area contributed by atoms with Crippen LogP contribution in [-0.4, -0.2) is 16.9 Å². The molecule has 3 heteroatoms. The lowest BCUT2D eigenvalue weighted by molar-refractivity contribution is -0.140. The smallest absolute Gasteiger partial charge is 0.305 e. The van der Waals surface area contributed by atoms with E-state index in [4.69, 9.17) is 5.11 Å². The number of carboxylic acids is 1. The topological polar surface area (TPSA) is 54.4 Å². The molecule has 2 aromatic rings. The van der Waals surface area contributed by atoms with E-state index >= 15 is 0 Å². The summed E-state index contributed by atoms with van der Waals surface area (Å²) in [5.41, 5.74) is 1.47. The number of carbonyl (C=O) groups is 2. The Morgan fingerprint density at radius 2 is 1.10 bits per heavy atom. The second-order valence-corrected chi connectivity index (χ2v) is 4.55. The summed E-state index contributed by atoms with van der Waals surface area (Å²) in [7, 11) is 0. The molecule has 0 aliphatic carbocycles. The summed E-state index contributed by atoms with van der Waals surface area (Å²) in [5, 5.41) is 7.99. The van der Waals surface area contributed by atoms with Gasteiger partial charge in [0, 0.05) is 11.1 Å². The molecule has 2 aromatic carbocycles. The lowest BCUT2D eigenvalue weighted by Crippen LogP contribution is -2.03. The van der Waals surface area contributed by atoms with Crippen LogP contribution in [0.25, 0.3) is 0 Å². The minimum Gasteiger partial charge on any atom is -0.481 e. The predicted molar refractivity (Wildman–Crippen MR) is 78.8 cm³/mol. The molecule has 2 rings (SSSR count). The summed E-state index contributed by atoms with van der Waals surface area (Å²) in [6.07, 6.45) is 0. The van der Waals surface area contributed by atoms with E-state index in [0.29, 0.717) is 0 Å². The average molecular weight is 270 g/mol. The van der Waals surface area contributed by atoms with Crippen molar-refractivity contribution in [2.45, 2.75) is 13.8 Å². The fourth-order valence-corrected chi connectivity index (χ4v) is 1.35. The maximum absolute atomic E-state index is 11.8. The first-order valence-electron chi connectivity index (χ1n) is 6.40. The van der Waals surface area contributed by atoms with Crippen LogP contribution < -0.4 is 0 Å². The van der Waals surface area contributed by atoms with E-state index in [-0.39, 0.29) is 11.7 Å². The van der Waals surface area contributed by atoms with Crippen molar-refractivity contribution in [1.29, 1.82) is 0 Å². The zero-order valence-electron chi connectivity index (χ0n) is 11.6. The molecule has 0 aliphatic heterocycles. The van der Waals surface area contributed by atoms with Gasteiger partial charge in [0.25, 0.3) is 0 Å². The van der Waals surface area contributed by atoms with Crippen LogP contribution in [0.4, 0.5) is 0 Å². The summed E-state index contributed by atoms with van der Waals surface area (Å²) < 4.78 is 0. The van der Waals surface area contributed by atoms with Crippen molar-refractivity contribution in [1.82, 2.24) is 0 Å². The molecule has 0 unspecified atom stereocenters. The van der Waals surface area contributed by atoms with E-state index in [1.54, 1.807) is 13.8 Å². The van der Waals surface area contributed by atoms with Crippen molar-refractivity contribution in [3.63, 3.8) is 0 Å². The van der Waals surface area contributed by atoms with Gasteiger partial charge in [-0.15, -0.1) is 0 Å². The molecule has 0 atom stereocenters. The van der Waals surface area contributed by atoms with Crippen molar-refractivity contribution < 1.29 is 14.7 Å². The number of aliphatic carboxylic acids is 1. The molecule has 104 valence electrons. The number of benzene rings is 2. The van der Waals surface area contributed by atoms with Gasteiger partial charge in [0.1, 0.15) is 0 Å². The Labute approximate surface area is 118 Å². The minimum absolute atomic E-state index is 0.0752. The summed E-state index contributed by atoms with van der Waals surface area (Å²) in [6.45, 7) is 3.28. The highest BCUT2D eigenvalue weighted by atomic mass is 16.4. The quantitative estimate of drug-likeness (QED) is 0.866. The first-order valence-corrected chi connectivity index (χ1v) is 6.40. The molecule has 0 aromatic heterocycles. The third-order valence-electron chi connectivity index (χ3n) is 2.57. The number of carboxylic acid groups (broad SMARTS) is 1. The fraction of sp³-hybridized carbons (Fsp3) is 0.176. The van der Waals surface area contributed by atoms with Gasteiger partial charge < -0.3 is 5.11 Å². The van der Waals surface area contributed by atoms with Crippen molar-refractivity contribution in [2.24, 2.45) is 5.92 Å². The molecular weight excluding hydrogens is 252 g/mol. The summed E-state index contributed by atoms with van der Waals surface area (Å²) in [4.78, 5) is 21.5. The highest BCUT2D eigenvalue weighted by molar-refractivity contribution is 6.08. The molecule has 0 saturated heterocycles. The SMILES string of the molecule is CC(C)C(=O)O.O=C(c1ccccc1)c1ccccc1. The Balaban J connectivity index is 0.000000286. The minimum atomic E-state index is -0.741. The summed E-state index contributed by atoms with van der Waals surface area (Å²) >= 11 is 0. The Morgan fingerprint density at radius 3 is 1.35 bits per heavy atom. The number of rotatable bonds is 3. The third kappa shape index (κ3) is 5.06. The highest BCUT2D eigenvalue weighted by Gasteiger charge is 2.06. The lowest BCUT2D eigenvalue weighted by Gasteiger charge is -1.99. The van der Waals surface area contributed by atoms with Gasteiger partial charge in [-0.1, -0.05) is 74.5 Å². The zero-order chi connectivity index (χ0) is 15.0. The molecule has 20 heavy (non-hydrogen) atoms. The van der Waals surface area contributed by atoms with Crippen molar-refractivity contribution in [3.05, 3.63) is 71.8 Å². The van der Waals surface area contributed by atoms with E-state index in [1.165, 1.54) is 0 Å². The van der Waals surface area contributed by atoms with Crippen LogP contribution in [0.2, 0.25) is 0 Å². The lowest BCUT2D eigenvalue weighted by atomic mass is 10.0.